The Morgan fingerprint density at radius 1 is 1.52 bits per heavy atom. The molecule has 1 aliphatic heterocycles. The zero-order valence-corrected chi connectivity index (χ0v) is 12.7. The molecule has 1 fully saturated rings. The molecule has 0 aromatic carbocycles. The summed E-state index contributed by atoms with van der Waals surface area (Å²) in [4.78, 5) is 4.01. The van der Waals surface area contributed by atoms with Crippen molar-refractivity contribution in [3.8, 4) is 11.8 Å². The third-order valence-corrected chi connectivity index (χ3v) is 5.14. The fourth-order valence-electron chi connectivity index (χ4n) is 2.31. The molecule has 1 aliphatic rings. The highest BCUT2D eigenvalue weighted by atomic mass is 32.2. The molecule has 1 aromatic heterocycles. The Bertz CT molecular complexity index is 674. The molecule has 0 bridgehead atoms. The molecule has 0 amide bonds. The summed E-state index contributed by atoms with van der Waals surface area (Å²) in [6, 6.07) is 1.48. The first-order valence-electron chi connectivity index (χ1n) is 6.72. The van der Waals surface area contributed by atoms with Crippen molar-refractivity contribution in [2.45, 2.75) is 30.3 Å². The van der Waals surface area contributed by atoms with Crippen LogP contribution in [0, 0.1) is 11.8 Å². The fraction of sp³-hybridized carbons (Fsp3) is 0.500. The van der Waals surface area contributed by atoms with E-state index in [9.17, 15) is 13.5 Å². The molecule has 114 valence electrons. The third-order valence-electron chi connectivity index (χ3n) is 3.33. The van der Waals surface area contributed by atoms with Gasteiger partial charge in [-0.3, -0.25) is 4.98 Å². The molecule has 3 N–H and O–H groups in total. The second-order valence-corrected chi connectivity index (χ2v) is 7.29. The molecule has 0 aliphatic carbocycles. The summed E-state index contributed by atoms with van der Waals surface area (Å²) >= 11 is 0. The summed E-state index contributed by atoms with van der Waals surface area (Å²) in [5.74, 6) is 5.43. The Balaban J connectivity index is 2.31. The van der Waals surface area contributed by atoms with Crippen LogP contribution in [-0.2, 0) is 10.0 Å². The van der Waals surface area contributed by atoms with E-state index in [0.717, 1.165) is 0 Å². The lowest BCUT2D eigenvalue weighted by atomic mass is 9.97. The van der Waals surface area contributed by atoms with Gasteiger partial charge in [-0.1, -0.05) is 11.8 Å². The van der Waals surface area contributed by atoms with Crippen LogP contribution in [0.1, 0.15) is 25.3 Å². The van der Waals surface area contributed by atoms with E-state index in [-0.39, 0.29) is 18.0 Å². The molecule has 0 radical (unpaired) electrons. The van der Waals surface area contributed by atoms with Crippen LogP contribution in [0.15, 0.2) is 23.4 Å². The van der Waals surface area contributed by atoms with Crippen LogP contribution >= 0.6 is 0 Å². The van der Waals surface area contributed by atoms with Crippen LogP contribution in [0.3, 0.4) is 0 Å². The van der Waals surface area contributed by atoms with E-state index < -0.39 is 15.6 Å². The number of aliphatic hydroxyl groups is 1. The fourth-order valence-corrected chi connectivity index (χ4v) is 3.90. The van der Waals surface area contributed by atoms with E-state index in [0.29, 0.717) is 24.9 Å². The van der Waals surface area contributed by atoms with E-state index in [1.807, 2.05) is 0 Å². The molecule has 2 heterocycles. The minimum Gasteiger partial charge on any atom is -0.389 e. The average Bonchev–Trinajstić information content (AvgIpc) is 2.44. The van der Waals surface area contributed by atoms with Crippen molar-refractivity contribution in [1.82, 2.24) is 9.29 Å². The van der Waals surface area contributed by atoms with Gasteiger partial charge in [0, 0.05) is 31.0 Å². The maximum absolute atomic E-state index is 12.6. The third kappa shape index (κ3) is 3.80. The van der Waals surface area contributed by atoms with Crippen molar-refractivity contribution in [2.75, 3.05) is 19.6 Å². The lowest BCUT2D eigenvalue weighted by Gasteiger charge is -2.35. The van der Waals surface area contributed by atoms with E-state index in [2.05, 4.69) is 16.8 Å². The Kier molecular flexibility index (Phi) is 4.64. The number of pyridine rings is 1. The van der Waals surface area contributed by atoms with Crippen LogP contribution in [0.25, 0.3) is 0 Å². The summed E-state index contributed by atoms with van der Waals surface area (Å²) < 4.78 is 26.5. The van der Waals surface area contributed by atoms with Crippen LogP contribution in [0.2, 0.25) is 0 Å². The van der Waals surface area contributed by atoms with Gasteiger partial charge in [-0.05, 0) is 25.8 Å². The zero-order valence-electron chi connectivity index (χ0n) is 11.9. The van der Waals surface area contributed by atoms with Gasteiger partial charge in [0.2, 0.25) is 10.0 Å². The minimum absolute atomic E-state index is 0.0871. The van der Waals surface area contributed by atoms with E-state index in [1.165, 1.54) is 22.8 Å². The molecule has 21 heavy (non-hydrogen) atoms. The second kappa shape index (κ2) is 6.12. The molecule has 1 atom stereocenters. The van der Waals surface area contributed by atoms with Crippen LogP contribution in [0.5, 0.6) is 0 Å². The number of sulfonamides is 1. The molecule has 1 unspecified atom stereocenters. The average molecular weight is 309 g/mol. The largest absolute Gasteiger partial charge is 0.389 e. The van der Waals surface area contributed by atoms with Gasteiger partial charge in [-0.2, -0.15) is 4.31 Å². The summed E-state index contributed by atoms with van der Waals surface area (Å²) in [6.45, 7) is 2.34. The lowest BCUT2D eigenvalue weighted by molar-refractivity contribution is 0.00939. The monoisotopic (exact) mass is 309 g/mol. The highest BCUT2D eigenvalue weighted by Gasteiger charge is 2.35. The summed E-state index contributed by atoms with van der Waals surface area (Å²) in [5, 5.41) is 10.1. The molecule has 0 saturated carbocycles. The predicted molar refractivity (Wildman–Crippen MR) is 78.8 cm³/mol. The van der Waals surface area contributed by atoms with E-state index in [4.69, 9.17) is 5.73 Å². The number of rotatable bonds is 2. The van der Waals surface area contributed by atoms with E-state index >= 15 is 0 Å². The summed E-state index contributed by atoms with van der Waals surface area (Å²) in [5.41, 5.74) is 4.81. The van der Waals surface area contributed by atoms with Gasteiger partial charge in [-0.25, -0.2) is 8.42 Å². The van der Waals surface area contributed by atoms with Crippen LogP contribution in [-0.4, -0.2) is 48.0 Å². The lowest BCUT2D eigenvalue weighted by Crippen LogP contribution is -2.48. The maximum Gasteiger partial charge on any atom is 0.244 e. The first kappa shape index (κ1) is 15.9. The summed E-state index contributed by atoms with van der Waals surface area (Å²) in [6.07, 6.45) is 4.02. The van der Waals surface area contributed by atoms with Crippen LogP contribution in [0.4, 0.5) is 0 Å². The number of hydrogen-bond acceptors (Lipinski definition) is 5. The molecule has 7 heteroatoms. The number of β-amino-alcohol motifs (C(OH)–C–C–N with tert-alkyl or cyclic N) is 1. The van der Waals surface area contributed by atoms with Crippen molar-refractivity contribution in [3.63, 3.8) is 0 Å². The second-order valence-electron chi connectivity index (χ2n) is 5.35. The molecule has 0 spiro atoms. The number of hydrogen-bond donors (Lipinski definition) is 2. The molecular weight excluding hydrogens is 290 g/mol. The normalized spacial score (nSPS) is 23.4. The molecule has 1 saturated heterocycles. The predicted octanol–water partition coefficient (Wildman–Crippen LogP) is -0.0727. The molecule has 2 rings (SSSR count). The zero-order chi connectivity index (χ0) is 15.5. The first-order chi connectivity index (χ1) is 9.85. The topological polar surface area (TPSA) is 96.5 Å². The Morgan fingerprint density at radius 2 is 2.29 bits per heavy atom. The van der Waals surface area contributed by atoms with Gasteiger partial charge in [0.1, 0.15) is 4.90 Å². The van der Waals surface area contributed by atoms with E-state index in [1.54, 1.807) is 6.92 Å². The summed E-state index contributed by atoms with van der Waals surface area (Å²) in [7, 11) is -3.67. The van der Waals surface area contributed by atoms with Crippen molar-refractivity contribution >= 4 is 10.0 Å². The number of nitrogens with zero attached hydrogens (tertiary/aromatic N) is 2. The van der Waals surface area contributed by atoms with Gasteiger partial charge < -0.3 is 10.8 Å². The highest BCUT2D eigenvalue weighted by Crippen LogP contribution is 2.25. The Morgan fingerprint density at radius 3 is 2.95 bits per heavy atom. The molecule has 1 aromatic rings. The Labute approximate surface area is 125 Å². The molecule has 6 nitrogen and oxygen atoms in total. The van der Waals surface area contributed by atoms with Gasteiger partial charge in [0.25, 0.3) is 0 Å². The van der Waals surface area contributed by atoms with Gasteiger partial charge in [0.05, 0.1) is 12.1 Å². The quantitative estimate of drug-likeness (QED) is 0.745. The minimum atomic E-state index is -3.67. The number of nitrogens with two attached hydrogens (primary N) is 1. The van der Waals surface area contributed by atoms with Crippen molar-refractivity contribution in [1.29, 1.82) is 0 Å². The maximum atomic E-state index is 12.6. The Hall–Kier alpha value is -1.46. The van der Waals surface area contributed by atoms with Gasteiger partial charge >= 0.3 is 0 Å². The molecular formula is C14H19N3O3S. The smallest absolute Gasteiger partial charge is 0.244 e. The van der Waals surface area contributed by atoms with Gasteiger partial charge in [0.15, 0.2) is 0 Å². The standard InChI is InChI=1S/C14H19N3O3S/c1-14(18)5-3-7-17(11-14)21(19,20)13-8-12(4-2-6-15)9-16-10-13/h8-10,18H,3,5-7,11,15H2,1H3. The SMILES string of the molecule is CC1(O)CCCN(S(=O)(=O)c2cncc(C#CCN)c2)C1. The van der Waals surface area contributed by atoms with Crippen molar-refractivity contribution in [3.05, 3.63) is 24.0 Å². The van der Waals surface area contributed by atoms with Crippen molar-refractivity contribution in [2.24, 2.45) is 5.73 Å². The number of piperidine rings is 1. The van der Waals surface area contributed by atoms with Crippen molar-refractivity contribution < 1.29 is 13.5 Å². The van der Waals surface area contributed by atoms with Gasteiger partial charge in [-0.15, -0.1) is 0 Å². The van der Waals surface area contributed by atoms with Crippen LogP contribution < -0.4 is 5.73 Å². The first-order valence-corrected chi connectivity index (χ1v) is 8.16. The highest BCUT2D eigenvalue weighted by molar-refractivity contribution is 7.89. The number of aromatic nitrogens is 1.